The maximum absolute atomic E-state index is 11.4. The molecule has 0 radical (unpaired) electrons. The first-order valence-corrected chi connectivity index (χ1v) is 5.24. The predicted octanol–water partition coefficient (Wildman–Crippen LogP) is 2.23. The van der Waals surface area contributed by atoms with Crippen LogP contribution in [-0.4, -0.2) is 19.1 Å². The van der Waals surface area contributed by atoms with Crippen LogP contribution in [-0.2, 0) is 4.79 Å². The van der Waals surface area contributed by atoms with E-state index in [2.05, 4.69) is 5.32 Å². The normalized spacial score (nSPS) is 10.8. The van der Waals surface area contributed by atoms with Crippen LogP contribution in [0.5, 0.6) is 5.75 Å². The summed E-state index contributed by atoms with van der Waals surface area (Å²) in [5.41, 5.74) is 0.943. The van der Waals surface area contributed by atoms with Gasteiger partial charge < -0.3 is 10.1 Å². The van der Waals surface area contributed by atoms with Crippen LogP contribution in [0.25, 0.3) is 6.08 Å². The van der Waals surface area contributed by atoms with E-state index in [4.69, 9.17) is 4.74 Å². The van der Waals surface area contributed by atoms with Crippen LogP contribution < -0.4 is 10.1 Å². The maximum atomic E-state index is 11.4. The van der Waals surface area contributed by atoms with Gasteiger partial charge in [0.05, 0.1) is 7.11 Å². The third-order valence-corrected chi connectivity index (χ3v) is 1.95. The summed E-state index contributed by atoms with van der Waals surface area (Å²) >= 11 is 0. The quantitative estimate of drug-likeness (QED) is 0.789. The molecule has 3 nitrogen and oxygen atoms in total. The van der Waals surface area contributed by atoms with Gasteiger partial charge in [-0.1, -0.05) is 12.1 Å². The topological polar surface area (TPSA) is 38.3 Å². The average Bonchev–Trinajstić information content (AvgIpc) is 2.26. The molecule has 0 aliphatic carbocycles. The lowest BCUT2D eigenvalue weighted by Gasteiger charge is -2.04. The number of methoxy groups -OCH3 is 1. The molecule has 3 heteroatoms. The maximum Gasteiger partial charge on any atom is 0.244 e. The van der Waals surface area contributed by atoms with E-state index in [9.17, 15) is 4.79 Å². The minimum atomic E-state index is -0.0854. The van der Waals surface area contributed by atoms with Crippen molar-refractivity contribution < 1.29 is 9.53 Å². The molecule has 0 saturated carbocycles. The van der Waals surface area contributed by atoms with Crippen molar-refractivity contribution in [2.75, 3.05) is 7.11 Å². The Hall–Kier alpha value is -1.77. The van der Waals surface area contributed by atoms with Crippen LogP contribution >= 0.6 is 0 Å². The Morgan fingerprint density at radius 1 is 1.44 bits per heavy atom. The molecule has 0 fully saturated rings. The molecule has 16 heavy (non-hydrogen) atoms. The zero-order chi connectivity index (χ0) is 12.0. The summed E-state index contributed by atoms with van der Waals surface area (Å²) in [6.07, 6.45) is 3.29. The number of hydrogen-bond acceptors (Lipinski definition) is 2. The monoisotopic (exact) mass is 219 g/mol. The van der Waals surface area contributed by atoms with E-state index in [1.165, 1.54) is 6.08 Å². The number of rotatable bonds is 4. The zero-order valence-electron chi connectivity index (χ0n) is 9.86. The van der Waals surface area contributed by atoms with Crippen LogP contribution in [0.2, 0.25) is 0 Å². The van der Waals surface area contributed by atoms with Gasteiger partial charge in [-0.25, -0.2) is 0 Å². The molecule has 1 rings (SSSR count). The first-order valence-electron chi connectivity index (χ1n) is 5.24. The van der Waals surface area contributed by atoms with Crippen molar-refractivity contribution in [2.24, 2.45) is 0 Å². The SMILES string of the molecule is COc1cccc(C=CC(=O)NC(C)C)c1. The van der Waals surface area contributed by atoms with Gasteiger partial charge in [-0.3, -0.25) is 4.79 Å². The Kier molecular flexibility index (Phi) is 4.58. The van der Waals surface area contributed by atoms with Crippen LogP contribution in [0.4, 0.5) is 0 Å². The van der Waals surface area contributed by atoms with Crippen molar-refractivity contribution in [3.63, 3.8) is 0 Å². The van der Waals surface area contributed by atoms with Crippen molar-refractivity contribution in [3.8, 4) is 5.75 Å². The number of carbonyl (C=O) groups excluding carboxylic acids is 1. The van der Waals surface area contributed by atoms with Crippen molar-refractivity contribution in [2.45, 2.75) is 19.9 Å². The van der Waals surface area contributed by atoms with Crippen molar-refractivity contribution in [3.05, 3.63) is 35.9 Å². The molecule has 0 aliphatic heterocycles. The molecule has 0 spiro atoms. The van der Waals surface area contributed by atoms with E-state index in [0.29, 0.717) is 0 Å². The first kappa shape index (κ1) is 12.3. The Bertz CT molecular complexity index is 383. The van der Waals surface area contributed by atoms with Gasteiger partial charge in [0.15, 0.2) is 0 Å². The van der Waals surface area contributed by atoms with E-state index in [0.717, 1.165) is 11.3 Å². The highest BCUT2D eigenvalue weighted by Crippen LogP contribution is 2.13. The highest BCUT2D eigenvalue weighted by Gasteiger charge is 1.97. The second-order valence-corrected chi connectivity index (χ2v) is 3.77. The fourth-order valence-corrected chi connectivity index (χ4v) is 1.25. The third-order valence-electron chi connectivity index (χ3n) is 1.95. The van der Waals surface area contributed by atoms with Gasteiger partial charge in [-0.2, -0.15) is 0 Å². The van der Waals surface area contributed by atoms with Gasteiger partial charge >= 0.3 is 0 Å². The van der Waals surface area contributed by atoms with E-state index in [-0.39, 0.29) is 11.9 Å². The second-order valence-electron chi connectivity index (χ2n) is 3.77. The number of ether oxygens (including phenoxy) is 1. The molecule has 0 aromatic heterocycles. The summed E-state index contributed by atoms with van der Waals surface area (Å²) in [4.78, 5) is 11.4. The number of nitrogens with one attached hydrogen (secondary N) is 1. The molecule has 1 aromatic rings. The van der Waals surface area contributed by atoms with Crippen molar-refractivity contribution >= 4 is 12.0 Å². The molecule has 1 aromatic carbocycles. The highest BCUT2D eigenvalue weighted by atomic mass is 16.5. The summed E-state index contributed by atoms with van der Waals surface area (Å²) < 4.78 is 5.09. The minimum absolute atomic E-state index is 0.0854. The predicted molar refractivity (Wildman–Crippen MR) is 65.3 cm³/mol. The third kappa shape index (κ3) is 4.17. The van der Waals surface area contributed by atoms with Gasteiger partial charge in [-0.05, 0) is 37.6 Å². The Labute approximate surface area is 96.1 Å². The summed E-state index contributed by atoms with van der Waals surface area (Å²) in [6.45, 7) is 3.86. The number of benzene rings is 1. The molecule has 0 saturated heterocycles. The van der Waals surface area contributed by atoms with E-state index in [1.807, 2.05) is 38.1 Å². The Morgan fingerprint density at radius 3 is 2.81 bits per heavy atom. The minimum Gasteiger partial charge on any atom is -0.497 e. The van der Waals surface area contributed by atoms with Crippen LogP contribution in [0.3, 0.4) is 0 Å². The summed E-state index contributed by atoms with van der Waals surface area (Å²) in [7, 11) is 1.62. The van der Waals surface area contributed by atoms with Gasteiger partial charge in [0.1, 0.15) is 5.75 Å². The fourth-order valence-electron chi connectivity index (χ4n) is 1.25. The molecular formula is C13H17NO2. The molecule has 0 atom stereocenters. The molecule has 0 bridgehead atoms. The van der Waals surface area contributed by atoms with Crippen LogP contribution in [0.1, 0.15) is 19.4 Å². The Morgan fingerprint density at radius 2 is 2.19 bits per heavy atom. The average molecular weight is 219 g/mol. The summed E-state index contributed by atoms with van der Waals surface area (Å²) in [5, 5.41) is 2.78. The van der Waals surface area contributed by atoms with Gasteiger partial charge in [-0.15, -0.1) is 0 Å². The van der Waals surface area contributed by atoms with E-state index >= 15 is 0 Å². The van der Waals surface area contributed by atoms with Crippen molar-refractivity contribution in [1.29, 1.82) is 0 Å². The molecule has 0 unspecified atom stereocenters. The van der Waals surface area contributed by atoms with Gasteiger partial charge in [0.25, 0.3) is 0 Å². The van der Waals surface area contributed by atoms with Gasteiger partial charge in [0.2, 0.25) is 5.91 Å². The molecule has 1 amide bonds. The van der Waals surface area contributed by atoms with E-state index < -0.39 is 0 Å². The molecule has 86 valence electrons. The van der Waals surface area contributed by atoms with Crippen molar-refractivity contribution in [1.82, 2.24) is 5.32 Å². The lowest BCUT2D eigenvalue weighted by Crippen LogP contribution is -2.28. The molecule has 0 heterocycles. The Balaban J connectivity index is 2.65. The summed E-state index contributed by atoms with van der Waals surface area (Å²) in [5.74, 6) is 0.698. The largest absolute Gasteiger partial charge is 0.497 e. The second kappa shape index (κ2) is 5.95. The van der Waals surface area contributed by atoms with E-state index in [1.54, 1.807) is 13.2 Å². The summed E-state index contributed by atoms with van der Waals surface area (Å²) in [6, 6.07) is 7.70. The fraction of sp³-hybridized carbons (Fsp3) is 0.308. The molecule has 1 N–H and O–H groups in total. The molecule has 0 aliphatic rings. The van der Waals surface area contributed by atoms with Crippen LogP contribution in [0.15, 0.2) is 30.3 Å². The van der Waals surface area contributed by atoms with Crippen LogP contribution in [0, 0.1) is 0 Å². The number of hydrogen-bond donors (Lipinski definition) is 1. The lowest BCUT2D eigenvalue weighted by atomic mass is 10.2. The first-order chi connectivity index (χ1) is 7.61. The molecular weight excluding hydrogens is 202 g/mol. The highest BCUT2D eigenvalue weighted by molar-refractivity contribution is 5.91. The lowest BCUT2D eigenvalue weighted by molar-refractivity contribution is -0.116. The standard InChI is InChI=1S/C13H17NO2/c1-10(2)14-13(15)8-7-11-5-4-6-12(9-11)16-3/h4-10H,1-3H3,(H,14,15). The number of carbonyl (C=O) groups is 1. The smallest absolute Gasteiger partial charge is 0.244 e. The number of amides is 1. The van der Waals surface area contributed by atoms with Gasteiger partial charge in [0, 0.05) is 12.1 Å². The zero-order valence-corrected chi connectivity index (χ0v) is 9.86.